The molecular formula is C18H26N2O17P2. The van der Waals surface area contributed by atoms with Crippen LogP contribution < -0.4 is 11.2 Å². The molecule has 0 radical (unpaired) electrons. The summed E-state index contributed by atoms with van der Waals surface area (Å²) in [5.74, 6) is 2.12. The van der Waals surface area contributed by atoms with E-state index in [4.69, 9.17) is 20.6 Å². The van der Waals surface area contributed by atoms with Crippen LogP contribution in [-0.2, 0) is 36.7 Å². The molecule has 21 heteroatoms. The van der Waals surface area contributed by atoms with Gasteiger partial charge in [0, 0.05) is 12.3 Å². The molecule has 0 saturated carbocycles. The van der Waals surface area contributed by atoms with Crippen molar-refractivity contribution in [2.75, 3.05) is 19.8 Å². The molecule has 0 aromatic carbocycles. The molecule has 1 aromatic rings. The van der Waals surface area contributed by atoms with Crippen molar-refractivity contribution in [1.29, 1.82) is 0 Å². The Morgan fingerprint density at radius 3 is 2.23 bits per heavy atom. The Hall–Kier alpha value is -1.82. The average molecular weight is 604 g/mol. The van der Waals surface area contributed by atoms with Crippen LogP contribution in [0.25, 0.3) is 0 Å². The highest BCUT2D eigenvalue weighted by atomic mass is 31.3. The summed E-state index contributed by atoms with van der Waals surface area (Å²) in [5.41, 5.74) is -1.74. The van der Waals surface area contributed by atoms with E-state index in [9.17, 15) is 54.0 Å². The van der Waals surface area contributed by atoms with E-state index in [0.29, 0.717) is 0 Å². The second kappa shape index (κ2) is 12.8. The first-order valence-electron chi connectivity index (χ1n) is 10.9. The van der Waals surface area contributed by atoms with E-state index in [0.717, 1.165) is 16.8 Å². The van der Waals surface area contributed by atoms with Crippen LogP contribution in [0.15, 0.2) is 21.9 Å². The van der Waals surface area contributed by atoms with Crippen molar-refractivity contribution >= 4 is 15.6 Å². The summed E-state index contributed by atoms with van der Waals surface area (Å²) in [4.78, 5) is 44.8. The molecule has 2 aliphatic rings. The number of aromatic nitrogens is 2. The van der Waals surface area contributed by atoms with Crippen molar-refractivity contribution < 1.29 is 72.0 Å². The maximum atomic E-state index is 12.3. The molecule has 2 saturated heterocycles. The van der Waals surface area contributed by atoms with E-state index in [2.05, 4.69) is 19.3 Å². The third-order valence-corrected chi connectivity index (χ3v) is 8.04. The van der Waals surface area contributed by atoms with Crippen LogP contribution in [-0.4, -0.2) is 114 Å². The molecule has 3 heterocycles. The summed E-state index contributed by atoms with van der Waals surface area (Å²) in [6, 6.07) is 0.932. The molecule has 11 unspecified atom stereocenters. The van der Waals surface area contributed by atoms with Gasteiger partial charge in [0.15, 0.2) is 12.5 Å². The van der Waals surface area contributed by atoms with Gasteiger partial charge in [0.2, 0.25) is 0 Å². The Balaban J connectivity index is 1.60. The molecule has 3 rings (SSSR count). The summed E-state index contributed by atoms with van der Waals surface area (Å²) in [6.45, 7) is -1.68. The number of phosphoric acid groups is 2. The first-order valence-corrected chi connectivity index (χ1v) is 13.9. The van der Waals surface area contributed by atoms with Gasteiger partial charge in [-0.05, 0) is 0 Å². The lowest BCUT2D eigenvalue weighted by Crippen LogP contribution is -2.59. The van der Waals surface area contributed by atoms with Crippen molar-refractivity contribution in [3.05, 3.63) is 33.1 Å². The van der Waals surface area contributed by atoms with Crippen molar-refractivity contribution in [2.24, 2.45) is 0 Å². The van der Waals surface area contributed by atoms with Gasteiger partial charge in [0.05, 0.1) is 13.2 Å². The standard InChI is InChI=1S/C18H26N2O17P2/c1-2-5-32-6-8-11(22)13(24)15(26)17(35-8)36-39(30,31)37-38(28,29)33-7-9-12(23)14(25)16(34-9)20-4-3-10(21)19-18(20)27/h1,3-4,8-9,11-17,22-26H,5-7H2,(H,28,29)(H,30,31)(H,19,21,27). The van der Waals surface area contributed by atoms with Gasteiger partial charge in [-0.3, -0.25) is 23.4 Å². The number of phosphoric ester groups is 2. The average Bonchev–Trinajstić information content (AvgIpc) is 3.12. The lowest BCUT2D eigenvalue weighted by Gasteiger charge is -2.40. The van der Waals surface area contributed by atoms with E-state index in [1.54, 1.807) is 0 Å². The minimum atomic E-state index is -5.61. The molecule has 39 heavy (non-hydrogen) atoms. The van der Waals surface area contributed by atoms with Gasteiger partial charge in [0.25, 0.3) is 5.56 Å². The van der Waals surface area contributed by atoms with Gasteiger partial charge in [-0.25, -0.2) is 13.9 Å². The number of aliphatic hydroxyl groups is 5. The molecule has 0 spiro atoms. The van der Waals surface area contributed by atoms with Gasteiger partial charge in [-0.2, -0.15) is 4.31 Å². The number of nitrogens with one attached hydrogen (secondary N) is 1. The number of H-pyrrole nitrogens is 1. The van der Waals surface area contributed by atoms with Crippen LogP contribution in [0.4, 0.5) is 0 Å². The first kappa shape index (κ1) is 31.7. The van der Waals surface area contributed by atoms with Crippen molar-refractivity contribution in [3.8, 4) is 12.3 Å². The highest BCUT2D eigenvalue weighted by molar-refractivity contribution is 7.61. The van der Waals surface area contributed by atoms with Crippen LogP contribution in [0.3, 0.4) is 0 Å². The maximum absolute atomic E-state index is 12.3. The summed E-state index contributed by atoms with van der Waals surface area (Å²) in [5, 5.41) is 50.3. The van der Waals surface area contributed by atoms with Crippen LogP contribution >= 0.6 is 15.6 Å². The maximum Gasteiger partial charge on any atom is 0.483 e. The van der Waals surface area contributed by atoms with E-state index in [1.807, 2.05) is 4.98 Å². The highest BCUT2D eigenvalue weighted by Gasteiger charge is 2.49. The predicted octanol–water partition coefficient (Wildman–Crippen LogP) is -4.14. The molecule has 0 amide bonds. The fourth-order valence-electron chi connectivity index (χ4n) is 3.57. The lowest BCUT2D eigenvalue weighted by atomic mass is 9.99. The van der Waals surface area contributed by atoms with Gasteiger partial charge < -0.3 is 49.5 Å². The molecule has 2 aliphatic heterocycles. The molecule has 19 nitrogen and oxygen atoms in total. The fraction of sp³-hybridized carbons (Fsp3) is 0.667. The molecular weight excluding hydrogens is 578 g/mol. The zero-order valence-corrected chi connectivity index (χ0v) is 21.4. The quantitative estimate of drug-likeness (QED) is 0.0676. The first-order chi connectivity index (χ1) is 18.2. The largest absolute Gasteiger partial charge is 0.483 e. The predicted molar refractivity (Wildman–Crippen MR) is 121 cm³/mol. The molecule has 1 aromatic heterocycles. The number of aliphatic hydroxyl groups excluding tert-OH is 5. The number of nitrogens with zero attached hydrogens (tertiary/aromatic N) is 1. The zero-order valence-electron chi connectivity index (χ0n) is 19.6. The molecule has 8 N–H and O–H groups in total. The van der Waals surface area contributed by atoms with E-state index < -0.39 is 95.4 Å². The minimum absolute atomic E-state index is 0.220. The van der Waals surface area contributed by atoms with Crippen LogP contribution in [0.5, 0.6) is 0 Å². The lowest BCUT2D eigenvalue weighted by molar-refractivity contribution is -0.282. The number of aromatic amines is 1. The monoisotopic (exact) mass is 604 g/mol. The summed E-state index contributed by atoms with van der Waals surface area (Å²) < 4.78 is 53.8. The Labute approximate surface area is 218 Å². The summed E-state index contributed by atoms with van der Waals surface area (Å²) in [7, 11) is -11.1. The topological polar surface area (TPSA) is 286 Å². The summed E-state index contributed by atoms with van der Waals surface area (Å²) in [6.07, 6.45) is -10.1. The SMILES string of the molecule is C#CCOCC1OC(OP(=O)(O)OP(=O)(O)OCC2OC(n3ccc(=O)[nH]c3=O)C(O)C2O)C(O)C(O)C1O. The normalized spacial score (nSPS) is 36.1. The van der Waals surface area contributed by atoms with E-state index in [-0.39, 0.29) is 6.61 Å². The van der Waals surface area contributed by atoms with Gasteiger partial charge in [-0.15, -0.1) is 6.42 Å². The van der Waals surface area contributed by atoms with Crippen molar-refractivity contribution in [2.45, 2.75) is 55.2 Å². The van der Waals surface area contributed by atoms with Crippen molar-refractivity contribution in [1.82, 2.24) is 9.55 Å². The molecule has 0 bridgehead atoms. The number of ether oxygens (including phenoxy) is 3. The van der Waals surface area contributed by atoms with Gasteiger partial charge >= 0.3 is 21.3 Å². The van der Waals surface area contributed by atoms with Gasteiger partial charge in [-0.1, -0.05) is 5.92 Å². The number of hydrogen-bond donors (Lipinski definition) is 8. The summed E-state index contributed by atoms with van der Waals surface area (Å²) >= 11 is 0. The fourth-order valence-corrected chi connectivity index (χ4v) is 5.73. The molecule has 220 valence electrons. The van der Waals surface area contributed by atoms with Gasteiger partial charge in [0.1, 0.15) is 49.3 Å². The third-order valence-electron chi connectivity index (χ3n) is 5.44. The molecule has 11 atom stereocenters. The Morgan fingerprint density at radius 2 is 1.59 bits per heavy atom. The highest BCUT2D eigenvalue weighted by Crippen LogP contribution is 2.61. The van der Waals surface area contributed by atoms with Crippen LogP contribution in [0, 0.1) is 12.3 Å². The Morgan fingerprint density at radius 1 is 0.949 bits per heavy atom. The van der Waals surface area contributed by atoms with Crippen LogP contribution in [0.2, 0.25) is 0 Å². The van der Waals surface area contributed by atoms with Crippen molar-refractivity contribution in [3.63, 3.8) is 0 Å². The third kappa shape index (κ3) is 7.89. The number of hydrogen-bond acceptors (Lipinski definition) is 15. The Kier molecular flexibility index (Phi) is 10.4. The minimum Gasteiger partial charge on any atom is -0.387 e. The zero-order chi connectivity index (χ0) is 29.1. The van der Waals surface area contributed by atoms with E-state index in [1.165, 1.54) is 0 Å². The smallest absolute Gasteiger partial charge is 0.387 e. The Bertz CT molecular complexity index is 1250. The van der Waals surface area contributed by atoms with Crippen LogP contribution in [0.1, 0.15) is 6.23 Å². The molecule has 0 aliphatic carbocycles. The second-order valence-corrected chi connectivity index (χ2v) is 11.2. The number of terminal acetylenes is 1. The number of rotatable bonds is 11. The second-order valence-electron chi connectivity index (χ2n) is 8.22. The molecule has 2 fully saturated rings. The van der Waals surface area contributed by atoms with E-state index >= 15 is 0 Å².